The van der Waals surface area contributed by atoms with Crippen molar-refractivity contribution in [2.24, 2.45) is 0 Å². The summed E-state index contributed by atoms with van der Waals surface area (Å²) in [7, 11) is -12.7. The number of alkyl halides is 6. The number of hydrogen-bond donors (Lipinski definition) is 8. The number of aromatic nitrogens is 6. The van der Waals surface area contributed by atoms with E-state index in [9.17, 15) is 90.3 Å². The molecule has 6 aromatic rings. The minimum Gasteiger partial charge on any atom is -0.778 e. The van der Waals surface area contributed by atoms with Crippen molar-refractivity contribution in [1.82, 2.24) is 44.7 Å². The normalized spacial score (nSPS) is 11.9. The number of methoxy groups -OCH3 is 3. The summed E-state index contributed by atoms with van der Waals surface area (Å²) in [5, 5.41) is 32.8. The number of aryl methyl sites for hydroxylation is 2. The Morgan fingerprint density at radius 1 is 0.755 bits per heavy atom. The lowest BCUT2D eigenvalue weighted by molar-refractivity contribution is -0.385. The topological polar surface area (TPSA) is 489 Å². The van der Waals surface area contributed by atoms with Crippen LogP contribution in [0, 0.1) is 17.0 Å². The van der Waals surface area contributed by atoms with Gasteiger partial charge in [0, 0.05) is 24.8 Å². The summed E-state index contributed by atoms with van der Waals surface area (Å²) >= 11 is 5.72. The molecule has 8 N–H and O–H groups in total. The van der Waals surface area contributed by atoms with Gasteiger partial charge < -0.3 is 43.5 Å². The van der Waals surface area contributed by atoms with Crippen molar-refractivity contribution in [1.29, 1.82) is 0 Å². The number of carboxylic acids is 2. The molecule has 1 unspecified atom stereocenters. The number of urea groups is 2. The predicted molar refractivity (Wildman–Crippen MR) is 320 cm³/mol. The fourth-order valence-corrected chi connectivity index (χ4v) is 10.5. The van der Waals surface area contributed by atoms with Crippen LogP contribution in [-0.2, 0) is 62.7 Å². The van der Waals surface area contributed by atoms with Crippen LogP contribution in [-0.4, -0.2) is 164 Å². The number of benzene rings is 3. The first kappa shape index (κ1) is 81.3. The molecule has 4 amide bonds. The smallest absolute Gasteiger partial charge is 0.416 e. The lowest BCUT2D eigenvalue weighted by Gasteiger charge is -2.14. The van der Waals surface area contributed by atoms with Gasteiger partial charge in [0.1, 0.15) is 35.4 Å². The van der Waals surface area contributed by atoms with Gasteiger partial charge in [-0.15, -0.1) is 0 Å². The van der Waals surface area contributed by atoms with E-state index in [0.717, 1.165) is 48.7 Å². The molecule has 516 valence electrons. The maximum Gasteiger partial charge on any atom is 0.416 e. The van der Waals surface area contributed by atoms with E-state index < -0.39 is 136 Å². The molecule has 0 bridgehead atoms. The maximum atomic E-state index is 12.6. The Morgan fingerprint density at radius 2 is 1.31 bits per heavy atom. The molecule has 0 spiro atoms. The van der Waals surface area contributed by atoms with Gasteiger partial charge in [-0.3, -0.25) is 30.9 Å². The average Bonchev–Trinajstić information content (AvgIpc) is 0.810. The minimum atomic E-state index is -4.61. The number of anilines is 2. The van der Waals surface area contributed by atoms with Gasteiger partial charge in [-0.2, -0.15) is 59.7 Å². The zero-order valence-electron chi connectivity index (χ0n) is 49.7. The summed E-state index contributed by atoms with van der Waals surface area (Å²) in [4.78, 5) is 94.4. The Labute approximate surface area is 538 Å². The van der Waals surface area contributed by atoms with Crippen molar-refractivity contribution >= 4 is 102 Å². The van der Waals surface area contributed by atoms with Gasteiger partial charge in [0.25, 0.3) is 25.7 Å². The van der Waals surface area contributed by atoms with Crippen LogP contribution >= 0.6 is 19.2 Å². The molecule has 1 atom stereocenters. The Bertz CT molecular complexity index is 4030. The molecular formula is C49H56ClF6N12O21PS4. The molecule has 0 fully saturated rings. The Morgan fingerprint density at radius 3 is 1.80 bits per heavy atom. The molecule has 6 rings (SSSR count). The zero-order valence-corrected chi connectivity index (χ0v) is 54.6. The van der Waals surface area contributed by atoms with Gasteiger partial charge in [0.15, 0.2) is 14.9 Å². The van der Waals surface area contributed by atoms with Gasteiger partial charge in [0.05, 0.1) is 85.2 Å². The van der Waals surface area contributed by atoms with Crippen molar-refractivity contribution < 1.29 is 119 Å². The fraction of sp³-hybridized carbons (Fsp3) is 0.306. The molecule has 0 aliphatic carbocycles. The molecule has 0 aliphatic heterocycles. The van der Waals surface area contributed by atoms with Gasteiger partial charge in [-0.25, -0.2) is 45.6 Å². The molecule has 0 saturated carbocycles. The van der Waals surface area contributed by atoms with E-state index in [0.29, 0.717) is 17.0 Å². The summed E-state index contributed by atoms with van der Waals surface area (Å²) < 4.78 is 182. The fourth-order valence-electron chi connectivity index (χ4n) is 6.19. The number of ether oxygens (including phenoxy) is 4. The van der Waals surface area contributed by atoms with E-state index in [2.05, 4.69) is 59.3 Å². The van der Waals surface area contributed by atoms with E-state index >= 15 is 0 Å². The molecule has 33 nitrogen and oxygen atoms in total. The SMILES string of the molecule is CCS(=O)(=O)c1cccnc1S(=O)(=O)NC(=O)Nc1nc(OC)cc(OC)n1.COc1nc(C)nc(NC(=O)NS(=O)(=O)c2ccccc2CCC(F)(F)F)n1.C[S+](C)C.O=C(O)CNCP(=O)([O-])O.O=C(O)c1cc(Oc2ccc(C(F)(F)F)cc2Cl)ccc1[N+](=O)[O-]. The van der Waals surface area contributed by atoms with E-state index in [1.807, 2.05) is 5.32 Å². The second-order valence-electron chi connectivity index (χ2n) is 17.8. The quantitative estimate of drug-likeness (QED) is 0.0139. The highest BCUT2D eigenvalue weighted by molar-refractivity contribution is 7.94. The number of nitrogens with zero attached hydrogens (tertiary/aromatic N) is 7. The Kier molecular flexibility index (Phi) is 31.1. The number of nitro groups is 1. The van der Waals surface area contributed by atoms with Crippen LogP contribution in [0.3, 0.4) is 0 Å². The molecule has 3 heterocycles. The molecule has 45 heteroatoms. The number of nitrogens with one attached hydrogen (secondary N) is 5. The van der Waals surface area contributed by atoms with Crippen LogP contribution < -0.4 is 49.2 Å². The maximum absolute atomic E-state index is 12.6. The van der Waals surface area contributed by atoms with Crippen LogP contribution in [0.4, 0.5) is 53.5 Å². The summed E-state index contributed by atoms with van der Waals surface area (Å²) in [5.74, 6) is -3.58. The van der Waals surface area contributed by atoms with Crippen molar-refractivity contribution in [3.63, 3.8) is 0 Å². The molecule has 0 saturated heterocycles. The summed E-state index contributed by atoms with van der Waals surface area (Å²) in [6, 6.07) is 11.6. The Balaban J connectivity index is 0.000000436. The number of sulfone groups is 1. The van der Waals surface area contributed by atoms with E-state index in [-0.39, 0.29) is 63.3 Å². The number of carbonyl (C=O) groups is 4. The third-order valence-corrected chi connectivity index (χ3v) is 15.6. The number of amides is 4. The highest BCUT2D eigenvalue weighted by Gasteiger charge is 2.33. The van der Waals surface area contributed by atoms with Gasteiger partial charge in [-0.1, -0.05) is 36.7 Å². The number of aliphatic carboxylic acids is 1. The van der Waals surface area contributed by atoms with Gasteiger partial charge in [0.2, 0.25) is 23.7 Å². The largest absolute Gasteiger partial charge is 0.778 e. The number of hydrogen-bond acceptors (Lipinski definition) is 25. The number of halogens is 7. The highest BCUT2D eigenvalue weighted by atomic mass is 35.5. The average molecular weight is 1460 g/mol. The molecule has 3 aromatic heterocycles. The van der Waals surface area contributed by atoms with Crippen LogP contribution in [0.5, 0.6) is 29.3 Å². The number of sulfonamides is 2. The first-order valence-corrected chi connectivity index (χ1v) is 34.3. The second-order valence-corrected chi connectivity index (χ2v) is 27.8. The lowest BCUT2D eigenvalue weighted by Crippen LogP contribution is -2.36. The number of carboxylic acid groups (broad SMARTS) is 2. The summed E-state index contributed by atoms with van der Waals surface area (Å²) in [6.07, 6.45) is -3.80. The van der Waals surface area contributed by atoms with Crippen LogP contribution in [0.2, 0.25) is 5.02 Å². The third kappa shape index (κ3) is 29.0. The Hall–Kier alpha value is -8.84. The third-order valence-electron chi connectivity index (χ3n) is 10.0. The van der Waals surface area contributed by atoms with Gasteiger partial charge in [-0.05, 0) is 72.3 Å². The van der Waals surface area contributed by atoms with E-state index in [1.165, 1.54) is 65.5 Å². The number of pyridine rings is 1. The molecule has 0 aliphatic rings. The minimum absolute atomic E-state index is 0.0612. The predicted octanol–water partition coefficient (Wildman–Crippen LogP) is 5.80. The molecule has 94 heavy (non-hydrogen) atoms. The molecular weight excluding hydrogens is 1400 g/mol. The van der Waals surface area contributed by atoms with E-state index in [4.69, 9.17) is 45.7 Å². The highest BCUT2D eigenvalue weighted by Crippen LogP contribution is 2.37. The van der Waals surface area contributed by atoms with Crippen molar-refractivity contribution in [2.75, 3.05) is 69.3 Å². The number of carbonyl (C=O) groups excluding carboxylic acids is 2. The zero-order chi connectivity index (χ0) is 71.7. The monoisotopic (exact) mass is 1460 g/mol. The second kappa shape index (κ2) is 36.0. The first-order chi connectivity index (χ1) is 43.4. The van der Waals surface area contributed by atoms with E-state index in [1.54, 1.807) is 9.44 Å². The van der Waals surface area contributed by atoms with Crippen LogP contribution in [0.15, 0.2) is 99.9 Å². The van der Waals surface area contributed by atoms with Crippen LogP contribution in [0.25, 0.3) is 0 Å². The van der Waals surface area contributed by atoms with Crippen molar-refractivity contribution in [3.05, 3.63) is 123 Å². The van der Waals surface area contributed by atoms with Crippen molar-refractivity contribution in [3.8, 4) is 29.3 Å². The summed E-state index contributed by atoms with van der Waals surface area (Å²) in [5.41, 5.74) is -2.32. The molecule has 3 aromatic carbocycles. The first-order valence-electron chi connectivity index (χ1n) is 25.1. The lowest BCUT2D eigenvalue weighted by atomic mass is 10.1. The molecule has 0 radical (unpaired) electrons. The summed E-state index contributed by atoms with van der Waals surface area (Å²) in [6.45, 7) is 2.38. The number of aromatic carboxylic acids is 1. The number of nitro benzene ring substituents is 1. The van der Waals surface area contributed by atoms with Crippen molar-refractivity contribution in [2.45, 2.75) is 53.9 Å². The standard InChI is InChI=1S/C15H16F3N5O4S.C14H7ClF3NO5.C14H17N5O7S2.C3H8NO5P.C3H9S/c1-9-19-12(22-14(20-9)27-2)21-13(24)23-28(25,26)11-6-4-3-5-10(11)7-8-15(16,17)18;15-10-5-7(14(16,17)18)1-4-12(10)24-8-2-3-11(19(22)23)9(6-8)13(20)21;1-4-27(21,22)9-6-5-7-15-12(9)28(23,24)19-14(20)18-13-16-10(25-2)8-11(17-13)26-3;5-3(6)1-4-2-10(7,8)9;1-4(2)3/h3-6H,7-8H2,1-2H3,(H2,19,20,21,22,23,24);1-6H,(H,20,21);5-8H,4H2,1-3H3,(H2,16,17,18,19,20);4H,1-2H2,(H,5,6)(H2,7,8,9);1-3H3/q;;;;+1/p-1. The number of rotatable bonds is 21. The van der Waals surface area contributed by atoms with Gasteiger partial charge >= 0.3 is 42.4 Å². The van der Waals surface area contributed by atoms with Crippen LogP contribution in [0.1, 0.15) is 40.7 Å².